The highest BCUT2D eigenvalue weighted by molar-refractivity contribution is 4.75. The second-order valence-corrected chi connectivity index (χ2v) is 6.24. The van der Waals surface area contributed by atoms with Crippen LogP contribution in [0.2, 0.25) is 0 Å². The van der Waals surface area contributed by atoms with Gasteiger partial charge in [-0.05, 0) is 64.8 Å². The molecule has 102 valence electrons. The molecule has 0 aromatic rings. The first kappa shape index (κ1) is 14.9. The van der Waals surface area contributed by atoms with Gasteiger partial charge in [0.2, 0.25) is 0 Å². The molecule has 0 spiro atoms. The van der Waals surface area contributed by atoms with Crippen LogP contribution in [0.4, 0.5) is 0 Å². The van der Waals surface area contributed by atoms with E-state index in [9.17, 15) is 0 Å². The van der Waals surface area contributed by atoms with Crippen LogP contribution in [-0.4, -0.2) is 56.1 Å². The molecule has 1 aliphatic heterocycles. The van der Waals surface area contributed by atoms with E-state index in [2.05, 4.69) is 37.7 Å². The molecular weight excluding hydrogens is 210 g/mol. The van der Waals surface area contributed by atoms with Crippen molar-refractivity contribution in [3.8, 4) is 0 Å². The number of piperidine rings is 1. The summed E-state index contributed by atoms with van der Waals surface area (Å²) in [5, 5.41) is 0. The van der Waals surface area contributed by atoms with Gasteiger partial charge in [0.05, 0.1) is 0 Å². The van der Waals surface area contributed by atoms with Gasteiger partial charge in [0.1, 0.15) is 0 Å². The van der Waals surface area contributed by atoms with Crippen molar-refractivity contribution in [2.45, 2.75) is 39.2 Å². The van der Waals surface area contributed by atoms with Crippen molar-refractivity contribution >= 4 is 0 Å². The van der Waals surface area contributed by atoms with Crippen LogP contribution in [0.5, 0.6) is 0 Å². The molecule has 1 saturated heterocycles. The maximum absolute atomic E-state index is 6.09. The summed E-state index contributed by atoms with van der Waals surface area (Å²) in [6.07, 6.45) is 3.86. The van der Waals surface area contributed by atoms with Crippen LogP contribution >= 0.6 is 0 Å². The lowest BCUT2D eigenvalue weighted by Crippen LogP contribution is -2.40. The van der Waals surface area contributed by atoms with Gasteiger partial charge in [-0.2, -0.15) is 0 Å². The normalized spacial score (nSPS) is 21.4. The smallest absolute Gasteiger partial charge is 0.00740 e. The Morgan fingerprint density at radius 2 is 1.82 bits per heavy atom. The van der Waals surface area contributed by atoms with E-state index in [-0.39, 0.29) is 0 Å². The molecule has 1 fully saturated rings. The number of nitrogens with zero attached hydrogens (tertiary/aromatic N) is 2. The van der Waals surface area contributed by atoms with Crippen LogP contribution in [0.3, 0.4) is 0 Å². The number of rotatable bonds is 6. The van der Waals surface area contributed by atoms with Crippen LogP contribution < -0.4 is 5.73 Å². The first-order chi connectivity index (χ1) is 7.99. The number of likely N-dealkylation sites (tertiary alicyclic amines) is 1. The van der Waals surface area contributed by atoms with E-state index in [0.717, 1.165) is 12.3 Å². The average Bonchev–Trinajstić information content (AvgIpc) is 2.26. The highest BCUT2D eigenvalue weighted by Crippen LogP contribution is 2.18. The van der Waals surface area contributed by atoms with Crippen LogP contribution in [-0.2, 0) is 0 Å². The maximum Gasteiger partial charge on any atom is 0.00740 e. The first-order valence-electron chi connectivity index (χ1n) is 7.11. The van der Waals surface area contributed by atoms with E-state index >= 15 is 0 Å². The second kappa shape index (κ2) is 7.34. The topological polar surface area (TPSA) is 32.5 Å². The Hall–Kier alpha value is -0.120. The molecule has 0 bridgehead atoms. The minimum absolute atomic E-state index is 0.370. The highest BCUT2D eigenvalue weighted by Gasteiger charge is 2.20. The molecule has 3 nitrogen and oxygen atoms in total. The molecule has 0 aromatic carbocycles. The van der Waals surface area contributed by atoms with Gasteiger partial charge in [-0.3, -0.25) is 0 Å². The van der Waals surface area contributed by atoms with Gasteiger partial charge in [0.25, 0.3) is 0 Å². The van der Waals surface area contributed by atoms with E-state index in [4.69, 9.17) is 5.73 Å². The summed E-state index contributed by atoms with van der Waals surface area (Å²) >= 11 is 0. The van der Waals surface area contributed by atoms with Crippen molar-refractivity contribution in [1.82, 2.24) is 9.80 Å². The van der Waals surface area contributed by atoms with Crippen molar-refractivity contribution < 1.29 is 0 Å². The Labute approximate surface area is 107 Å². The van der Waals surface area contributed by atoms with Gasteiger partial charge in [0, 0.05) is 12.6 Å². The predicted molar refractivity (Wildman–Crippen MR) is 75.1 cm³/mol. The molecule has 1 aliphatic rings. The highest BCUT2D eigenvalue weighted by atomic mass is 15.1. The molecule has 1 atom stereocenters. The molecule has 17 heavy (non-hydrogen) atoms. The van der Waals surface area contributed by atoms with Crippen LogP contribution in [0.15, 0.2) is 0 Å². The SMILES string of the molecule is CC(C)C(N)CCN1CCC(CN(C)C)CC1. The fourth-order valence-corrected chi connectivity index (χ4v) is 2.57. The fraction of sp³-hybridized carbons (Fsp3) is 1.00. The lowest BCUT2D eigenvalue weighted by molar-refractivity contribution is 0.156. The number of nitrogens with two attached hydrogens (primary N) is 1. The molecule has 0 radical (unpaired) electrons. The van der Waals surface area contributed by atoms with Gasteiger partial charge < -0.3 is 15.5 Å². The van der Waals surface area contributed by atoms with Crippen LogP contribution in [0, 0.1) is 11.8 Å². The quantitative estimate of drug-likeness (QED) is 0.767. The van der Waals surface area contributed by atoms with E-state index < -0.39 is 0 Å². The summed E-state index contributed by atoms with van der Waals surface area (Å²) in [5.74, 6) is 1.52. The lowest BCUT2D eigenvalue weighted by Gasteiger charge is -2.33. The maximum atomic E-state index is 6.09. The Balaban J connectivity index is 2.15. The molecular formula is C14H31N3. The molecule has 1 rings (SSSR count). The van der Waals surface area contributed by atoms with Gasteiger partial charge in [-0.1, -0.05) is 13.8 Å². The first-order valence-corrected chi connectivity index (χ1v) is 7.11. The molecule has 1 unspecified atom stereocenters. The van der Waals surface area contributed by atoms with Crippen LogP contribution in [0.25, 0.3) is 0 Å². The summed E-state index contributed by atoms with van der Waals surface area (Å²) in [6.45, 7) is 9.40. The average molecular weight is 241 g/mol. The molecule has 0 aliphatic carbocycles. The third kappa shape index (κ3) is 5.84. The fourth-order valence-electron chi connectivity index (χ4n) is 2.57. The molecule has 2 N–H and O–H groups in total. The summed E-state index contributed by atoms with van der Waals surface area (Å²) in [6, 6.07) is 0.370. The number of hydrogen-bond acceptors (Lipinski definition) is 3. The summed E-state index contributed by atoms with van der Waals surface area (Å²) in [5.41, 5.74) is 6.09. The minimum Gasteiger partial charge on any atom is -0.327 e. The minimum atomic E-state index is 0.370. The Morgan fingerprint density at radius 1 is 1.24 bits per heavy atom. The number of hydrogen-bond donors (Lipinski definition) is 1. The summed E-state index contributed by atoms with van der Waals surface area (Å²) < 4.78 is 0. The Kier molecular flexibility index (Phi) is 6.45. The van der Waals surface area contributed by atoms with Crippen molar-refractivity contribution in [3.63, 3.8) is 0 Å². The van der Waals surface area contributed by atoms with E-state index in [1.165, 1.54) is 39.0 Å². The third-order valence-electron chi connectivity index (χ3n) is 3.97. The molecule has 1 heterocycles. The Morgan fingerprint density at radius 3 is 2.29 bits per heavy atom. The monoisotopic (exact) mass is 241 g/mol. The zero-order valence-corrected chi connectivity index (χ0v) is 12.2. The van der Waals surface area contributed by atoms with E-state index in [1.807, 2.05) is 0 Å². The van der Waals surface area contributed by atoms with Crippen molar-refractivity contribution in [2.75, 3.05) is 40.3 Å². The van der Waals surface area contributed by atoms with Crippen molar-refractivity contribution in [3.05, 3.63) is 0 Å². The van der Waals surface area contributed by atoms with Gasteiger partial charge >= 0.3 is 0 Å². The zero-order valence-electron chi connectivity index (χ0n) is 12.2. The largest absolute Gasteiger partial charge is 0.327 e. The molecule has 3 heteroatoms. The Bertz CT molecular complexity index is 196. The van der Waals surface area contributed by atoms with Crippen molar-refractivity contribution in [1.29, 1.82) is 0 Å². The van der Waals surface area contributed by atoms with Crippen LogP contribution in [0.1, 0.15) is 33.1 Å². The zero-order chi connectivity index (χ0) is 12.8. The van der Waals surface area contributed by atoms with Gasteiger partial charge in [-0.25, -0.2) is 0 Å². The second-order valence-electron chi connectivity index (χ2n) is 6.24. The lowest BCUT2D eigenvalue weighted by atomic mass is 9.95. The third-order valence-corrected chi connectivity index (χ3v) is 3.97. The summed E-state index contributed by atoms with van der Waals surface area (Å²) in [4.78, 5) is 4.91. The summed E-state index contributed by atoms with van der Waals surface area (Å²) in [7, 11) is 4.35. The molecule has 0 aromatic heterocycles. The van der Waals surface area contributed by atoms with E-state index in [1.54, 1.807) is 0 Å². The van der Waals surface area contributed by atoms with Gasteiger partial charge in [-0.15, -0.1) is 0 Å². The van der Waals surface area contributed by atoms with E-state index in [0.29, 0.717) is 12.0 Å². The van der Waals surface area contributed by atoms with Gasteiger partial charge in [0.15, 0.2) is 0 Å². The molecule has 0 amide bonds. The molecule has 0 saturated carbocycles. The predicted octanol–water partition coefficient (Wildman–Crippen LogP) is 1.63. The van der Waals surface area contributed by atoms with Crippen molar-refractivity contribution in [2.24, 2.45) is 17.6 Å². The standard InChI is InChI=1S/C14H31N3/c1-12(2)14(15)7-10-17-8-5-13(6-9-17)11-16(3)4/h12-14H,5-11,15H2,1-4H3.